The van der Waals surface area contributed by atoms with Gasteiger partial charge in [-0.25, -0.2) is 0 Å². The van der Waals surface area contributed by atoms with E-state index in [-0.39, 0.29) is 5.41 Å². The van der Waals surface area contributed by atoms with E-state index in [9.17, 15) is 4.79 Å². The Kier molecular flexibility index (Phi) is 2.62. The summed E-state index contributed by atoms with van der Waals surface area (Å²) in [7, 11) is 0. The molecule has 0 aromatic rings. The van der Waals surface area contributed by atoms with Crippen molar-refractivity contribution in [1.82, 2.24) is 4.90 Å². The van der Waals surface area contributed by atoms with Gasteiger partial charge in [0.05, 0.1) is 18.6 Å². The second-order valence-electron chi connectivity index (χ2n) is 8.81. The molecule has 4 aliphatic carbocycles. The fourth-order valence-corrected chi connectivity index (χ4v) is 6.79. The van der Waals surface area contributed by atoms with E-state index < -0.39 is 0 Å². The molecular formula is C17H27NO2. The van der Waals surface area contributed by atoms with Crippen LogP contribution in [0.1, 0.15) is 52.4 Å². The zero-order chi connectivity index (χ0) is 14.0. The largest absolute Gasteiger partial charge is 0.378 e. The van der Waals surface area contributed by atoms with Crippen molar-refractivity contribution < 1.29 is 9.53 Å². The van der Waals surface area contributed by atoms with Crippen molar-refractivity contribution in [2.75, 3.05) is 26.3 Å². The molecule has 0 aromatic carbocycles. The monoisotopic (exact) mass is 277 g/mol. The van der Waals surface area contributed by atoms with Gasteiger partial charge in [-0.05, 0) is 55.3 Å². The van der Waals surface area contributed by atoms with E-state index in [2.05, 4.69) is 18.7 Å². The fraction of sp³-hybridized carbons (Fsp3) is 0.941. The smallest absolute Gasteiger partial charge is 0.228 e. The van der Waals surface area contributed by atoms with Crippen molar-refractivity contribution >= 4 is 5.91 Å². The number of rotatable bonds is 1. The summed E-state index contributed by atoms with van der Waals surface area (Å²) >= 11 is 0. The minimum atomic E-state index is -0.0275. The second-order valence-corrected chi connectivity index (χ2v) is 8.81. The Hall–Kier alpha value is -0.570. The topological polar surface area (TPSA) is 29.5 Å². The molecule has 3 nitrogen and oxygen atoms in total. The lowest BCUT2D eigenvalue weighted by atomic mass is 9.40. The molecule has 4 saturated carbocycles. The van der Waals surface area contributed by atoms with Crippen LogP contribution in [0, 0.1) is 22.2 Å². The van der Waals surface area contributed by atoms with E-state index >= 15 is 0 Å². The van der Waals surface area contributed by atoms with Gasteiger partial charge in [0.2, 0.25) is 5.91 Å². The van der Waals surface area contributed by atoms with Crippen molar-refractivity contribution in [3.05, 3.63) is 0 Å². The predicted molar refractivity (Wildman–Crippen MR) is 77.2 cm³/mol. The highest BCUT2D eigenvalue weighted by atomic mass is 16.5. The van der Waals surface area contributed by atoms with Gasteiger partial charge >= 0.3 is 0 Å². The Morgan fingerprint density at radius 3 is 2.15 bits per heavy atom. The van der Waals surface area contributed by atoms with Gasteiger partial charge in [0.15, 0.2) is 0 Å². The van der Waals surface area contributed by atoms with Gasteiger partial charge in [0, 0.05) is 13.1 Å². The minimum Gasteiger partial charge on any atom is -0.378 e. The molecule has 112 valence electrons. The van der Waals surface area contributed by atoms with Crippen LogP contribution in [0.25, 0.3) is 0 Å². The third-order valence-corrected chi connectivity index (χ3v) is 6.38. The first kappa shape index (κ1) is 13.1. The van der Waals surface area contributed by atoms with Crippen LogP contribution in [0.3, 0.4) is 0 Å². The average Bonchev–Trinajstić information content (AvgIpc) is 2.34. The Labute approximate surface area is 122 Å². The highest BCUT2D eigenvalue weighted by Crippen LogP contribution is 2.69. The summed E-state index contributed by atoms with van der Waals surface area (Å²) in [6.07, 6.45) is 7.51. The molecule has 0 N–H and O–H groups in total. The molecule has 3 heteroatoms. The van der Waals surface area contributed by atoms with Crippen LogP contribution in [0.2, 0.25) is 0 Å². The van der Waals surface area contributed by atoms with Crippen LogP contribution in [-0.2, 0) is 9.53 Å². The van der Waals surface area contributed by atoms with Crippen LogP contribution in [0.15, 0.2) is 0 Å². The number of amides is 1. The highest BCUT2D eigenvalue weighted by molar-refractivity contribution is 5.83. The molecule has 5 rings (SSSR count). The number of hydrogen-bond acceptors (Lipinski definition) is 2. The summed E-state index contributed by atoms with van der Waals surface area (Å²) < 4.78 is 5.41. The number of carbonyl (C=O) groups excluding carboxylic acids is 1. The summed E-state index contributed by atoms with van der Waals surface area (Å²) in [6, 6.07) is 0. The zero-order valence-corrected chi connectivity index (χ0v) is 12.9. The summed E-state index contributed by atoms with van der Waals surface area (Å²) in [4.78, 5) is 15.3. The van der Waals surface area contributed by atoms with Gasteiger partial charge in [-0.3, -0.25) is 4.79 Å². The molecule has 4 bridgehead atoms. The summed E-state index contributed by atoms with van der Waals surface area (Å²) in [5, 5.41) is 0. The summed E-state index contributed by atoms with van der Waals surface area (Å²) in [5.74, 6) is 1.26. The lowest BCUT2D eigenvalue weighted by Crippen LogP contribution is -2.61. The van der Waals surface area contributed by atoms with E-state index in [0.29, 0.717) is 16.7 Å². The van der Waals surface area contributed by atoms with Crippen molar-refractivity contribution in [3.8, 4) is 0 Å². The standard InChI is InChI=1S/C17H27NO2/c1-15-7-13-8-16(2,10-15)12-17(9-13,11-15)14(19)18-3-5-20-6-4-18/h13H,3-12H2,1-2H3/t13?,15-,16-,17?/m1/s1. The normalized spacial score (nSPS) is 50.5. The van der Waals surface area contributed by atoms with Crippen LogP contribution in [-0.4, -0.2) is 37.1 Å². The molecule has 1 saturated heterocycles. The fourth-order valence-electron chi connectivity index (χ4n) is 6.79. The van der Waals surface area contributed by atoms with E-state index in [4.69, 9.17) is 4.74 Å². The highest BCUT2D eigenvalue weighted by Gasteiger charge is 2.63. The van der Waals surface area contributed by atoms with Crippen LogP contribution in [0.5, 0.6) is 0 Å². The first-order valence-electron chi connectivity index (χ1n) is 8.29. The minimum absolute atomic E-state index is 0.0275. The third kappa shape index (κ3) is 1.85. The molecule has 0 radical (unpaired) electrons. The van der Waals surface area contributed by atoms with Gasteiger partial charge in [0.25, 0.3) is 0 Å². The van der Waals surface area contributed by atoms with Crippen molar-refractivity contribution in [2.24, 2.45) is 22.2 Å². The molecule has 0 aromatic heterocycles. The quantitative estimate of drug-likeness (QED) is 0.737. The predicted octanol–water partition coefficient (Wildman–Crippen LogP) is 2.84. The lowest BCUT2D eigenvalue weighted by Gasteiger charge is -2.65. The average molecular weight is 277 g/mol. The molecular weight excluding hydrogens is 250 g/mol. The molecule has 5 aliphatic rings. The number of morpholine rings is 1. The molecule has 20 heavy (non-hydrogen) atoms. The van der Waals surface area contributed by atoms with E-state index in [0.717, 1.165) is 51.5 Å². The van der Waals surface area contributed by atoms with E-state index in [1.807, 2.05) is 0 Å². The Morgan fingerprint density at radius 2 is 1.60 bits per heavy atom. The van der Waals surface area contributed by atoms with Crippen molar-refractivity contribution in [1.29, 1.82) is 0 Å². The molecule has 0 spiro atoms. The molecule has 1 heterocycles. The lowest BCUT2D eigenvalue weighted by molar-refractivity contribution is -0.182. The first-order valence-corrected chi connectivity index (χ1v) is 8.29. The third-order valence-electron chi connectivity index (χ3n) is 6.38. The van der Waals surface area contributed by atoms with Gasteiger partial charge < -0.3 is 9.64 Å². The van der Waals surface area contributed by atoms with E-state index in [1.165, 1.54) is 19.3 Å². The number of hydrogen-bond donors (Lipinski definition) is 0. The Bertz CT molecular complexity index is 422. The van der Waals surface area contributed by atoms with Crippen LogP contribution < -0.4 is 0 Å². The van der Waals surface area contributed by atoms with Gasteiger partial charge in [-0.15, -0.1) is 0 Å². The zero-order valence-electron chi connectivity index (χ0n) is 12.9. The van der Waals surface area contributed by atoms with E-state index in [1.54, 1.807) is 0 Å². The van der Waals surface area contributed by atoms with Gasteiger partial charge in [0.1, 0.15) is 0 Å². The Morgan fingerprint density at radius 1 is 1.00 bits per heavy atom. The van der Waals surface area contributed by atoms with Gasteiger partial charge in [-0.1, -0.05) is 13.8 Å². The molecule has 1 aliphatic heterocycles. The number of nitrogens with zero attached hydrogens (tertiary/aromatic N) is 1. The van der Waals surface area contributed by atoms with Crippen LogP contribution in [0.4, 0.5) is 0 Å². The molecule has 1 amide bonds. The van der Waals surface area contributed by atoms with Crippen molar-refractivity contribution in [3.63, 3.8) is 0 Å². The van der Waals surface area contributed by atoms with Crippen molar-refractivity contribution in [2.45, 2.75) is 52.4 Å². The van der Waals surface area contributed by atoms with Gasteiger partial charge in [-0.2, -0.15) is 0 Å². The maximum Gasteiger partial charge on any atom is 0.228 e. The first-order chi connectivity index (χ1) is 9.42. The maximum absolute atomic E-state index is 13.2. The SMILES string of the molecule is C[C@]12CC3CC(C(=O)N4CCOCC4)(C1)C[C@](C)(C3)C2. The summed E-state index contributed by atoms with van der Waals surface area (Å²) in [5.41, 5.74) is 0.826. The maximum atomic E-state index is 13.2. The second kappa shape index (κ2) is 4.00. The number of ether oxygens (including phenoxy) is 1. The molecule has 2 atom stereocenters. The number of carbonyl (C=O) groups is 1. The van der Waals surface area contributed by atoms with Crippen LogP contribution >= 0.6 is 0 Å². The summed E-state index contributed by atoms with van der Waals surface area (Å²) in [6.45, 7) is 7.94. The molecule has 5 fully saturated rings. The Balaban J connectivity index is 1.64. The molecule has 0 unspecified atom stereocenters.